The zero-order valence-corrected chi connectivity index (χ0v) is 9.97. The van der Waals surface area contributed by atoms with E-state index >= 15 is 0 Å². The Morgan fingerprint density at radius 3 is 2.58 bits per heavy atom. The first-order valence-electron chi connectivity index (χ1n) is 5.34. The Labute approximate surface area is 107 Å². The highest BCUT2D eigenvalue weighted by molar-refractivity contribution is 5.53. The van der Waals surface area contributed by atoms with E-state index in [0.717, 1.165) is 10.8 Å². The first kappa shape index (κ1) is 12.3. The van der Waals surface area contributed by atoms with E-state index in [1.165, 1.54) is 0 Å². The summed E-state index contributed by atoms with van der Waals surface area (Å²) >= 11 is 0. The van der Waals surface area contributed by atoms with E-state index in [1.54, 1.807) is 31.2 Å². The van der Waals surface area contributed by atoms with Gasteiger partial charge in [-0.1, -0.05) is 12.1 Å². The molecule has 0 saturated carbocycles. The molecule has 0 amide bonds. The predicted molar refractivity (Wildman–Crippen MR) is 66.8 cm³/mol. The summed E-state index contributed by atoms with van der Waals surface area (Å²) in [7, 11) is 0. The van der Waals surface area contributed by atoms with Crippen molar-refractivity contribution in [3.63, 3.8) is 0 Å². The Balaban J connectivity index is 2.86. The van der Waals surface area contributed by atoms with E-state index < -0.39 is 11.2 Å². The average molecular weight is 252 g/mol. The van der Waals surface area contributed by atoms with Crippen LogP contribution in [-0.4, -0.2) is 9.55 Å². The summed E-state index contributed by atoms with van der Waals surface area (Å²) in [5.74, 6) is 0. The van der Waals surface area contributed by atoms with Crippen molar-refractivity contribution in [1.29, 1.82) is 10.5 Å². The Morgan fingerprint density at radius 1 is 1.21 bits per heavy atom. The Morgan fingerprint density at radius 2 is 1.95 bits per heavy atom. The van der Waals surface area contributed by atoms with Crippen molar-refractivity contribution in [2.75, 3.05) is 0 Å². The van der Waals surface area contributed by atoms with Crippen LogP contribution in [0.4, 0.5) is 0 Å². The number of aromatic amines is 1. The summed E-state index contributed by atoms with van der Waals surface area (Å²) in [6.45, 7) is 1.74. The van der Waals surface area contributed by atoms with Crippen LogP contribution >= 0.6 is 0 Å². The summed E-state index contributed by atoms with van der Waals surface area (Å²) in [6, 6.07) is 8.71. The van der Waals surface area contributed by atoms with Gasteiger partial charge in [-0.05, 0) is 18.6 Å². The summed E-state index contributed by atoms with van der Waals surface area (Å²) in [5, 5.41) is 17.9. The van der Waals surface area contributed by atoms with Gasteiger partial charge in [0.25, 0.3) is 5.56 Å². The average Bonchev–Trinajstić information content (AvgIpc) is 2.39. The van der Waals surface area contributed by atoms with Gasteiger partial charge in [-0.15, -0.1) is 0 Å². The third kappa shape index (κ3) is 2.03. The molecule has 1 aromatic heterocycles. The molecule has 0 aliphatic rings. The van der Waals surface area contributed by atoms with Crippen molar-refractivity contribution in [1.82, 2.24) is 9.55 Å². The molecule has 0 atom stereocenters. The molecule has 0 unspecified atom stereocenters. The van der Waals surface area contributed by atoms with Crippen LogP contribution in [0.5, 0.6) is 0 Å². The maximum absolute atomic E-state index is 11.8. The number of benzene rings is 1. The van der Waals surface area contributed by atoms with Gasteiger partial charge in [0, 0.05) is 6.20 Å². The number of hydrogen-bond donors (Lipinski definition) is 1. The second-order valence-corrected chi connectivity index (χ2v) is 3.86. The molecule has 92 valence electrons. The number of aryl methyl sites for hydroxylation is 1. The van der Waals surface area contributed by atoms with Crippen LogP contribution in [0.25, 0.3) is 5.69 Å². The van der Waals surface area contributed by atoms with Crippen LogP contribution in [-0.2, 0) is 0 Å². The van der Waals surface area contributed by atoms with Crippen molar-refractivity contribution >= 4 is 0 Å². The van der Waals surface area contributed by atoms with Crippen LogP contribution in [0.1, 0.15) is 16.7 Å². The molecule has 6 heteroatoms. The maximum atomic E-state index is 11.8. The fourth-order valence-electron chi connectivity index (χ4n) is 1.73. The minimum atomic E-state index is -0.741. The van der Waals surface area contributed by atoms with E-state index in [-0.39, 0.29) is 5.56 Å². The first-order valence-corrected chi connectivity index (χ1v) is 5.34. The summed E-state index contributed by atoms with van der Waals surface area (Å²) in [5.41, 5.74) is -0.261. The third-order valence-electron chi connectivity index (χ3n) is 2.68. The molecule has 0 aliphatic carbocycles. The largest absolute Gasteiger partial charge is 0.333 e. The molecular formula is C13H8N4O2. The SMILES string of the molecule is Cc1cccc(-n2cc(C#N)c(=O)[nH]c2=O)c1C#N. The fourth-order valence-corrected chi connectivity index (χ4v) is 1.73. The van der Waals surface area contributed by atoms with Crippen LogP contribution in [0.2, 0.25) is 0 Å². The number of hydrogen-bond acceptors (Lipinski definition) is 4. The van der Waals surface area contributed by atoms with Gasteiger partial charge in [-0.25, -0.2) is 4.79 Å². The molecule has 2 aromatic rings. The number of nitrogens with one attached hydrogen (secondary N) is 1. The highest BCUT2D eigenvalue weighted by Gasteiger charge is 2.11. The monoisotopic (exact) mass is 252 g/mol. The topological polar surface area (TPSA) is 102 Å². The molecule has 19 heavy (non-hydrogen) atoms. The number of nitrogens with zero attached hydrogens (tertiary/aromatic N) is 3. The van der Waals surface area contributed by atoms with Gasteiger partial charge in [0.2, 0.25) is 0 Å². The molecule has 0 aliphatic heterocycles. The van der Waals surface area contributed by atoms with Gasteiger partial charge in [-0.2, -0.15) is 10.5 Å². The quantitative estimate of drug-likeness (QED) is 0.801. The van der Waals surface area contributed by atoms with Crippen LogP contribution in [0.3, 0.4) is 0 Å². The second kappa shape index (κ2) is 4.63. The van der Waals surface area contributed by atoms with Gasteiger partial charge >= 0.3 is 5.69 Å². The highest BCUT2D eigenvalue weighted by atomic mass is 16.2. The van der Waals surface area contributed by atoms with Gasteiger partial charge in [0.05, 0.1) is 11.3 Å². The van der Waals surface area contributed by atoms with Crippen molar-refractivity contribution in [2.24, 2.45) is 0 Å². The molecule has 0 fully saturated rings. The van der Waals surface area contributed by atoms with E-state index in [0.29, 0.717) is 16.8 Å². The first-order chi connectivity index (χ1) is 9.08. The van der Waals surface area contributed by atoms with Crippen molar-refractivity contribution in [2.45, 2.75) is 6.92 Å². The predicted octanol–water partition coefficient (Wildman–Crippen LogP) is 0.578. The lowest BCUT2D eigenvalue weighted by molar-refractivity contribution is 0.885. The minimum absolute atomic E-state index is 0.190. The summed E-state index contributed by atoms with van der Waals surface area (Å²) in [4.78, 5) is 25.1. The summed E-state index contributed by atoms with van der Waals surface area (Å²) < 4.78 is 1.09. The van der Waals surface area contributed by atoms with Crippen LogP contribution < -0.4 is 11.2 Å². The van der Waals surface area contributed by atoms with Crippen LogP contribution in [0.15, 0.2) is 34.0 Å². The second-order valence-electron chi connectivity index (χ2n) is 3.86. The summed E-state index contributed by atoms with van der Waals surface area (Å²) in [6.07, 6.45) is 1.14. The number of rotatable bonds is 1. The standard InChI is InChI=1S/C13H8N4O2/c1-8-3-2-4-11(10(8)6-15)17-7-9(5-14)12(18)16-13(17)19/h2-4,7H,1H3,(H,16,18,19). The van der Waals surface area contributed by atoms with E-state index in [4.69, 9.17) is 10.5 Å². The van der Waals surface area contributed by atoms with Gasteiger partial charge in [0.15, 0.2) is 0 Å². The van der Waals surface area contributed by atoms with Crippen LogP contribution in [0, 0.1) is 29.6 Å². The van der Waals surface area contributed by atoms with E-state index in [9.17, 15) is 9.59 Å². The van der Waals surface area contributed by atoms with E-state index in [2.05, 4.69) is 0 Å². The smallest absolute Gasteiger partial charge is 0.273 e. The number of aromatic nitrogens is 2. The van der Waals surface area contributed by atoms with E-state index in [1.807, 2.05) is 11.1 Å². The number of H-pyrrole nitrogens is 1. The molecule has 1 aromatic carbocycles. The van der Waals surface area contributed by atoms with Crippen molar-refractivity contribution < 1.29 is 0 Å². The zero-order chi connectivity index (χ0) is 14.0. The Kier molecular flexibility index (Phi) is 3.01. The van der Waals surface area contributed by atoms with Gasteiger partial charge in [-0.3, -0.25) is 14.3 Å². The maximum Gasteiger partial charge on any atom is 0.333 e. The lowest BCUT2D eigenvalue weighted by Gasteiger charge is -2.08. The molecule has 1 N–H and O–H groups in total. The van der Waals surface area contributed by atoms with Crippen molar-refractivity contribution in [3.05, 3.63) is 61.9 Å². The molecule has 2 rings (SSSR count). The Bertz CT molecular complexity index is 847. The molecule has 0 bridgehead atoms. The molecule has 6 nitrogen and oxygen atoms in total. The third-order valence-corrected chi connectivity index (χ3v) is 2.68. The lowest BCUT2D eigenvalue weighted by Crippen LogP contribution is -2.30. The zero-order valence-electron chi connectivity index (χ0n) is 9.97. The molecule has 0 spiro atoms. The number of nitriles is 2. The molecule has 0 saturated heterocycles. The molecule has 0 radical (unpaired) electrons. The lowest BCUT2D eigenvalue weighted by atomic mass is 10.1. The molecule has 1 heterocycles. The van der Waals surface area contributed by atoms with Gasteiger partial charge in [0.1, 0.15) is 17.7 Å². The fraction of sp³-hybridized carbons (Fsp3) is 0.0769. The van der Waals surface area contributed by atoms with Gasteiger partial charge < -0.3 is 0 Å². The van der Waals surface area contributed by atoms with Crippen molar-refractivity contribution in [3.8, 4) is 17.8 Å². The normalized spacial score (nSPS) is 9.63. The highest BCUT2D eigenvalue weighted by Crippen LogP contribution is 2.15. The molecular weight excluding hydrogens is 244 g/mol. The Hall–Kier alpha value is -3.12. The minimum Gasteiger partial charge on any atom is -0.273 e.